The molecule has 0 bridgehead atoms. The van der Waals surface area contributed by atoms with E-state index in [1.807, 2.05) is 17.8 Å². The number of nitrogens with zero attached hydrogens (tertiary/aromatic N) is 3. The maximum Gasteiger partial charge on any atom is 0.318 e. The highest BCUT2D eigenvalue weighted by Gasteiger charge is 2.30. The van der Waals surface area contributed by atoms with Gasteiger partial charge < -0.3 is 19.9 Å². The van der Waals surface area contributed by atoms with Crippen LogP contribution in [0.2, 0.25) is 0 Å². The van der Waals surface area contributed by atoms with Crippen molar-refractivity contribution in [2.24, 2.45) is 7.05 Å². The van der Waals surface area contributed by atoms with Crippen molar-refractivity contribution in [1.29, 1.82) is 0 Å². The molecule has 19 heavy (non-hydrogen) atoms. The number of carboxylic acids is 1. The average molecular weight is 266 g/mol. The van der Waals surface area contributed by atoms with Crippen LogP contribution in [-0.2, 0) is 18.4 Å². The number of amides is 2. The molecule has 2 rings (SSSR count). The van der Waals surface area contributed by atoms with E-state index in [9.17, 15) is 9.59 Å². The molecule has 2 N–H and O–H groups in total. The number of rotatable bonds is 4. The molecule has 1 aromatic heterocycles. The van der Waals surface area contributed by atoms with E-state index in [1.165, 1.54) is 0 Å². The number of carbonyl (C=O) groups is 2. The first kappa shape index (κ1) is 13.4. The fourth-order valence-electron chi connectivity index (χ4n) is 2.34. The summed E-state index contributed by atoms with van der Waals surface area (Å²) in [5.74, 6) is -0.101. The van der Waals surface area contributed by atoms with Crippen LogP contribution in [0.4, 0.5) is 4.79 Å². The SMILES string of the molecule is Cn1ccnc1CNC(=O)N1CCCC1CC(=O)O. The van der Waals surface area contributed by atoms with Crippen molar-refractivity contribution in [3.05, 3.63) is 18.2 Å². The van der Waals surface area contributed by atoms with Gasteiger partial charge in [0, 0.05) is 32.0 Å². The molecule has 1 aliphatic heterocycles. The van der Waals surface area contributed by atoms with Crippen LogP contribution in [0.3, 0.4) is 0 Å². The molecule has 2 heterocycles. The number of aromatic nitrogens is 2. The van der Waals surface area contributed by atoms with E-state index in [0.29, 0.717) is 13.1 Å². The zero-order valence-corrected chi connectivity index (χ0v) is 10.9. The number of aryl methyl sites for hydroxylation is 1. The van der Waals surface area contributed by atoms with Crippen molar-refractivity contribution in [2.75, 3.05) is 6.54 Å². The Kier molecular flexibility index (Phi) is 4.03. The molecule has 1 atom stereocenters. The number of carboxylic acid groups (broad SMARTS) is 1. The Morgan fingerprint density at radius 2 is 2.37 bits per heavy atom. The summed E-state index contributed by atoms with van der Waals surface area (Å²) in [6.07, 6.45) is 5.10. The lowest BCUT2D eigenvalue weighted by atomic mass is 10.1. The van der Waals surface area contributed by atoms with Gasteiger partial charge >= 0.3 is 12.0 Å². The first-order valence-corrected chi connectivity index (χ1v) is 6.30. The Morgan fingerprint density at radius 1 is 1.58 bits per heavy atom. The van der Waals surface area contributed by atoms with Gasteiger partial charge in [-0.25, -0.2) is 9.78 Å². The average Bonchev–Trinajstić information content (AvgIpc) is 2.95. The van der Waals surface area contributed by atoms with E-state index in [2.05, 4.69) is 10.3 Å². The van der Waals surface area contributed by atoms with Crippen molar-refractivity contribution in [3.63, 3.8) is 0 Å². The van der Waals surface area contributed by atoms with E-state index in [-0.39, 0.29) is 18.5 Å². The summed E-state index contributed by atoms with van der Waals surface area (Å²) in [4.78, 5) is 28.5. The molecule has 0 radical (unpaired) electrons. The van der Waals surface area contributed by atoms with Crippen LogP contribution in [-0.4, -0.2) is 44.1 Å². The van der Waals surface area contributed by atoms with Crippen LogP contribution in [0.1, 0.15) is 25.1 Å². The van der Waals surface area contributed by atoms with Gasteiger partial charge in [-0.15, -0.1) is 0 Å². The highest BCUT2D eigenvalue weighted by Crippen LogP contribution is 2.20. The molecule has 0 saturated carbocycles. The summed E-state index contributed by atoms with van der Waals surface area (Å²) < 4.78 is 1.83. The summed E-state index contributed by atoms with van der Waals surface area (Å²) in [5, 5.41) is 11.6. The Morgan fingerprint density at radius 3 is 3.00 bits per heavy atom. The first-order valence-electron chi connectivity index (χ1n) is 6.30. The summed E-state index contributed by atoms with van der Waals surface area (Å²) in [5.41, 5.74) is 0. The second kappa shape index (κ2) is 5.73. The zero-order chi connectivity index (χ0) is 13.8. The molecule has 1 unspecified atom stereocenters. The third kappa shape index (κ3) is 3.24. The lowest BCUT2D eigenvalue weighted by Gasteiger charge is -2.23. The molecule has 1 aromatic rings. The molecule has 1 fully saturated rings. The monoisotopic (exact) mass is 266 g/mol. The van der Waals surface area contributed by atoms with Gasteiger partial charge in [0.15, 0.2) is 0 Å². The molecule has 0 aliphatic carbocycles. The minimum absolute atomic E-state index is 0.00975. The molecule has 7 heteroatoms. The van der Waals surface area contributed by atoms with Crippen molar-refractivity contribution in [2.45, 2.75) is 31.8 Å². The fourth-order valence-corrected chi connectivity index (χ4v) is 2.34. The number of urea groups is 1. The predicted molar refractivity (Wildman–Crippen MR) is 67.4 cm³/mol. The first-order chi connectivity index (χ1) is 9.08. The van der Waals surface area contributed by atoms with Crippen molar-refractivity contribution in [1.82, 2.24) is 19.8 Å². The molecule has 7 nitrogen and oxygen atoms in total. The highest BCUT2D eigenvalue weighted by atomic mass is 16.4. The Hall–Kier alpha value is -2.05. The maximum absolute atomic E-state index is 12.0. The van der Waals surface area contributed by atoms with Crippen LogP contribution in [0.25, 0.3) is 0 Å². The molecule has 0 spiro atoms. The van der Waals surface area contributed by atoms with Gasteiger partial charge in [-0.1, -0.05) is 0 Å². The fraction of sp³-hybridized carbons (Fsp3) is 0.583. The normalized spacial score (nSPS) is 18.6. The zero-order valence-electron chi connectivity index (χ0n) is 10.9. The lowest BCUT2D eigenvalue weighted by molar-refractivity contribution is -0.137. The van der Waals surface area contributed by atoms with Crippen LogP contribution in [0.15, 0.2) is 12.4 Å². The van der Waals surface area contributed by atoms with Crippen molar-refractivity contribution < 1.29 is 14.7 Å². The number of nitrogens with one attached hydrogen (secondary N) is 1. The van der Waals surface area contributed by atoms with E-state index >= 15 is 0 Å². The summed E-state index contributed by atoms with van der Waals surface area (Å²) >= 11 is 0. The standard InChI is InChI=1S/C12H18N4O3/c1-15-6-4-13-10(15)8-14-12(19)16-5-2-3-9(16)7-11(17)18/h4,6,9H,2-3,5,7-8H2,1H3,(H,14,19)(H,17,18). The number of hydrogen-bond donors (Lipinski definition) is 2. The minimum atomic E-state index is -0.867. The van der Waals surface area contributed by atoms with Gasteiger partial charge in [-0.3, -0.25) is 4.79 Å². The quantitative estimate of drug-likeness (QED) is 0.834. The van der Waals surface area contributed by atoms with Gasteiger partial charge in [-0.2, -0.15) is 0 Å². The summed E-state index contributed by atoms with van der Waals surface area (Å²) in [6, 6.07) is -0.411. The van der Waals surface area contributed by atoms with E-state index in [1.54, 1.807) is 11.1 Å². The second-order valence-electron chi connectivity index (χ2n) is 4.70. The Bertz CT molecular complexity index is 471. The van der Waals surface area contributed by atoms with Gasteiger partial charge in [0.25, 0.3) is 0 Å². The van der Waals surface area contributed by atoms with Gasteiger partial charge in [0.1, 0.15) is 5.82 Å². The minimum Gasteiger partial charge on any atom is -0.481 e. The molecule has 1 saturated heterocycles. The number of carbonyl (C=O) groups excluding carboxylic acids is 1. The topological polar surface area (TPSA) is 87.5 Å². The van der Waals surface area contributed by atoms with Gasteiger partial charge in [-0.05, 0) is 12.8 Å². The number of likely N-dealkylation sites (tertiary alicyclic amines) is 1. The van der Waals surface area contributed by atoms with Crippen molar-refractivity contribution >= 4 is 12.0 Å². The van der Waals surface area contributed by atoms with Gasteiger partial charge in [0.05, 0.1) is 13.0 Å². The molecule has 2 amide bonds. The smallest absolute Gasteiger partial charge is 0.318 e. The summed E-state index contributed by atoms with van der Waals surface area (Å²) in [7, 11) is 1.86. The van der Waals surface area contributed by atoms with Gasteiger partial charge in [0.2, 0.25) is 0 Å². The molecular weight excluding hydrogens is 248 g/mol. The third-order valence-electron chi connectivity index (χ3n) is 3.37. The largest absolute Gasteiger partial charge is 0.481 e. The number of hydrogen-bond acceptors (Lipinski definition) is 3. The molecular formula is C12H18N4O3. The van der Waals surface area contributed by atoms with Crippen LogP contribution >= 0.6 is 0 Å². The van der Waals surface area contributed by atoms with Crippen molar-refractivity contribution in [3.8, 4) is 0 Å². The van der Waals surface area contributed by atoms with Crippen LogP contribution in [0.5, 0.6) is 0 Å². The van der Waals surface area contributed by atoms with E-state index in [4.69, 9.17) is 5.11 Å². The van der Waals surface area contributed by atoms with Crippen LogP contribution < -0.4 is 5.32 Å². The Labute approximate surface area is 111 Å². The third-order valence-corrected chi connectivity index (χ3v) is 3.37. The van der Waals surface area contributed by atoms with E-state index in [0.717, 1.165) is 18.7 Å². The molecule has 104 valence electrons. The lowest BCUT2D eigenvalue weighted by Crippen LogP contribution is -2.43. The highest BCUT2D eigenvalue weighted by molar-refractivity contribution is 5.76. The predicted octanol–water partition coefficient (Wildman–Crippen LogP) is 0.569. The number of imidazole rings is 1. The second-order valence-corrected chi connectivity index (χ2v) is 4.70. The molecule has 1 aliphatic rings. The van der Waals surface area contributed by atoms with Crippen LogP contribution in [0, 0.1) is 0 Å². The Balaban J connectivity index is 1.88. The van der Waals surface area contributed by atoms with E-state index < -0.39 is 5.97 Å². The molecule has 0 aromatic carbocycles. The summed E-state index contributed by atoms with van der Waals surface area (Å²) in [6.45, 7) is 0.961. The maximum atomic E-state index is 12.0. The number of aliphatic carboxylic acids is 1.